The highest BCUT2D eigenvalue weighted by atomic mass is 16.1. The fourth-order valence-electron chi connectivity index (χ4n) is 2.47. The number of carbonyl (C=O) groups is 1. The molecule has 3 rings (SSSR count). The van der Waals surface area contributed by atoms with Crippen LogP contribution in [0.25, 0.3) is 11.4 Å². The predicted octanol–water partition coefficient (Wildman–Crippen LogP) is 2.58. The summed E-state index contributed by atoms with van der Waals surface area (Å²) in [5.74, 6) is 0.350. The SMILES string of the molecule is CC(C)(C)[C@H](Cn1ccnc1)NC(=O)c1cnc(-c2cccnc2)nc1. The molecule has 26 heavy (non-hydrogen) atoms. The van der Waals surface area contributed by atoms with Crippen LogP contribution in [0, 0.1) is 5.41 Å². The van der Waals surface area contributed by atoms with E-state index >= 15 is 0 Å². The highest BCUT2D eigenvalue weighted by Gasteiger charge is 2.27. The molecule has 0 radical (unpaired) electrons. The summed E-state index contributed by atoms with van der Waals surface area (Å²) in [6.07, 6.45) is 11.8. The van der Waals surface area contributed by atoms with Crippen LogP contribution in [0.5, 0.6) is 0 Å². The molecular weight excluding hydrogens is 328 g/mol. The number of aromatic nitrogens is 5. The van der Waals surface area contributed by atoms with E-state index in [1.165, 1.54) is 0 Å². The Morgan fingerprint density at radius 1 is 1.15 bits per heavy atom. The normalized spacial score (nSPS) is 12.6. The molecule has 1 N–H and O–H groups in total. The van der Waals surface area contributed by atoms with E-state index in [0.29, 0.717) is 17.9 Å². The Bertz CT molecular complexity index is 838. The van der Waals surface area contributed by atoms with E-state index in [2.05, 4.69) is 46.0 Å². The van der Waals surface area contributed by atoms with Crippen LogP contribution in [0.1, 0.15) is 31.1 Å². The Labute approximate surface area is 152 Å². The van der Waals surface area contributed by atoms with E-state index in [1.54, 1.807) is 37.3 Å². The minimum Gasteiger partial charge on any atom is -0.347 e. The van der Waals surface area contributed by atoms with Gasteiger partial charge in [0.25, 0.3) is 5.91 Å². The summed E-state index contributed by atoms with van der Waals surface area (Å²) >= 11 is 0. The molecule has 1 atom stereocenters. The molecule has 3 aromatic heterocycles. The molecule has 7 heteroatoms. The van der Waals surface area contributed by atoms with Crippen molar-refractivity contribution >= 4 is 5.91 Å². The van der Waals surface area contributed by atoms with Crippen molar-refractivity contribution in [3.05, 3.63) is 61.2 Å². The van der Waals surface area contributed by atoms with Gasteiger partial charge in [0.2, 0.25) is 0 Å². The summed E-state index contributed by atoms with van der Waals surface area (Å²) in [5, 5.41) is 3.09. The van der Waals surface area contributed by atoms with Crippen LogP contribution in [-0.4, -0.2) is 36.5 Å². The van der Waals surface area contributed by atoms with Gasteiger partial charge in [-0.15, -0.1) is 0 Å². The first kappa shape index (κ1) is 17.7. The van der Waals surface area contributed by atoms with Crippen LogP contribution < -0.4 is 5.32 Å². The van der Waals surface area contributed by atoms with Crippen molar-refractivity contribution in [3.8, 4) is 11.4 Å². The topological polar surface area (TPSA) is 85.6 Å². The zero-order chi connectivity index (χ0) is 18.6. The van der Waals surface area contributed by atoms with Crippen LogP contribution in [-0.2, 0) is 6.54 Å². The van der Waals surface area contributed by atoms with E-state index in [4.69, 9.17) is 0 Å². The first-order valence-electron chi connectivity index (χ1n) is 8.42. The summed E-state index contributed by atoms with van der Waals surface area (Å²) in [5.41, 5.74) is 1.13. The number of rotatable bonds is 5. The van der Waals surface area contributed by atoms with Crippen molar-refractivity contribution in [3.63, 3.8) is 0 Å². The average molecular weight is 350 g/mol. The zero-order valence-electron chi connectivity index (χ0n) is 15.1. The van der Waals surface area contributed by atoms with Crippen molar-refractivity contribution in [2.24, 2.45) is 5.41 Å². The zero-order valence-corrected chi connectivity index (χ0v) is 15.1. The van der Waals surface area contributed by atoms with Gasteiger partial charge in [0, 0.05) is 49.3 Å². The Hall–Kier alpha value is -3.09. The summed E-state index contributed by atoms with van der Waals surface area (Å²) < 4.78 is 1.96. The lowest BCUT2D eigenvalue weighted by Gasteiger charge is -2.31. The molecule has 0 bridgehead atoms. The number of pyridine rings is 1. The van der Waals surface area contributed by atoms with E-state index in [-0.39, 0.29) is 17.4 Å². The molecule has 0 aliphatic carbocycles. The van der Waals surface area contributed by atoms with Crippen molar-refractivity contribution in [2.45, 2.75) is 33.4 Å². The Morgan fingerprint density at radius 2 is 1.92 bits per heavy atom. The number of nitrogens with one attached hydrogen (secondary N) is 1. The number of hydrogen-bond acceptors (Lipinski definition) is 5. The Kier molecular flexibility index (Phi) is 5.06. The van der Waals surface area contributed by atoms with Gasteiger partial charge in [0.05, 0.1) is 17.9 Å². The minimum atomic E-state index is -0.192. The van der Waals surface area contributed by atoms with Gasteiger partial charge >= 0.3 is 0 Å². The summed E-state index contributed by atoms with van der Waals surface area (Å²) in [7, 11) is 0. The van der Waals surface area contributed by atoms with Gasteiger partial charge in [-0.3, -0.25) is 9.78 Å². The number of amides is 1. The molecule has 1 amide bonds. The molecule has 0 fully saturated rings. The third kappa shape index (κ3) is 4.30. The first-order chi connectivity index (χ1) is 12.4. The lowest BCUT2D eigenvalue weighted by Crippen LogP contribution is -2.46. The second kappa shape index (κ2) is 7.43. The van der Waals surface area contributed by atoms with Crippen LogP contribution in [0.15, 0.2) is 55.6 Å². The number of imidazole rings is 1. The fraction of sp³-hybridized carbons (Fsp3) is 0.316. The van der Waals surface area contributed by atoms with Gasteiger partial charge in [0.15, 0.2) is 5.82 Å². The summed E-state index contributed by atoms with van der Waals surface area (Å²) in [6.45, 7) is 6.93. The van der Waals surface area contributed by atoms with Gasteiger partial charge in [-0.05, 0) is 17.5 Å². The highest BCUT2D eigenvalue weighted by molar-refractivity contribution is 5.93. The lowest BCUT2D eigenvalue weighted by atomic mass is 9.86. The number of carbonyl (C=O) groups excluding carboxylic acids is 1. The van der Waals surface area contributed by atoms with Crippen molar-refractivity contribution in [1.29, 1.82) is 0 Å². The van der Waals surface area contributed by atoms with Crippen LogP contribution in [0.2, 0.25) is 0 Å². The third-order valence-corrected chi connectivity index (χ3v) is 4.14. The molecule has 0 aromatic carbocycles. The Balaban J connectivity index is 1.73. The van der Waals surface area contributed by atoms with E-state index in [9.17, 15) is 4.79 Å². The lowest BCUT2D eigenvalue weighted by molar-refractivity contribution is 0.0892. The largest absolute Gasteiger partial charge is 0.347 e. The maximum Gasteiger partial charge on any atom is 0.254 e. The molecule has 3 heterocycles. The first-order valence-corrected chi connectivity index (χ1v) is 8.42. The maximum absolute atomic E-state index is 12.6. The maximum atomic E-state index is 12.6. The second-order valence-electron chi connectivity index (χ2n) is 7.19. The quantitative estimate of drug-likeness (QED) is 0.764. The van der Waals surface area contributed by atoms with Crippen molar-refractivity contribution in [1.82, 2.24) is 29.8 Å². The van der Waals surface area contributed by atoms with Gasteiger partial charge in [-0.2, -0.15) is 0 Å². The third-order valence-electron chi connectivity index (χ3n) is 4.14. The molecule has 7 nitrogen and oxygen atoms in total. The van der Waals surface area contributed by atoms with Crippen LogP contribution in [0.4, 0.5) is 0 Å². The van der Waals surface area contributed by atoms with E-state index in [1.807, 2.05) is 22.9 Å². The molecule has 0 unspecified atom stereocenters. The molecule has 134 valence electrons. The van der Waals surface area contributed by atoms with Gasteiger partial charge in [0.1, 0.15) is 0 Å². The number of nitrogens with zero attached hydrogens (tertiary/aromatic N) is 5. The summed E-state index contributed by atoms with van der Waals surface area (Å²) in [6, 6.07) is 3.63. The van der Waals surface area contributed by atoms with Crippen LogP contribution >= 0.6 is 0 Å². The van der Waals surface area contributed by atoms with E-state index < -0.39 is 0 Å². The second-order valence-corrected chi connectivity index (χ2v) is 7.19. The Morgan fingerprint density at radius 3 is 2.50 bits per heavy atom. The fourth-order valence-corrected chi connectivity index (χ4v) is 2.47. The number of hydrogen-bond donors (Lipinski definition) is 1. The molecule has 0 aliphatic heterocycles. The molecule has 0 aliphatic rings. The van der Waals surface area contributed by atoms with Crippen molar-refractivity contribution in [2.75, 3.05) is 0 Å². The highest BCUT2D eigenvalue weighted by Crippen LogP contribution is 2.21. The molecule has 0 spiro atoms. The average Bonchev–Trinajstić information content (AvgIpc) is 3.14. The predicted molar refractivity (Wildman–Crippen MR) is 98.2 cm³/mol. The molecule has 0 saturated heterocycles. The smallest absolute Gasteiger partial charge is 0.254 e. The van der Waals surface area contributed by atoms with Gasteiger partial charge in [-0.1, -0.05) is 20.8 Å². The van der Waals surface area contributed by atoms with E-state index in [0.717, 1.165) is 5.56 Å². The molecule has 3 aromatic rings. The molecular formula is C19H22N6O. The van der Waals surface area contributed by atoms with Gasteiger partial charge in [-0.25, -0.2) is 15.0 Å². The van der Waals surface area contributed by atoms with Crippen molar-refractivity contribution < 1.29 is 4.79 Å². The minimum absolute atomic E-state index is 0.0674. The van der Waals surface area contributed by atoms with Gasteiger partial charge < -0.3 is 9.88 Å². The monoisotopic (exact) mass is 350 g/mol. The molecule has 0 saturated carbocycles. The van der Waals surface area contributed by atoms with Crippen LogP contribution in [0.3, 0.4) is 0 Å². The standard InChI is InChI=1S/C19H22N6O/c1-19(2,3)16(12-25-8-7-21-13-25)24-18(26)15-10-22-17(23-11-15)14-5-4-6-20-9-14/h4-11,13,16H,12H2,1-3H3,(H,24,26)/t16-/m0/s1. The summed E-state index contributed by atoms with van der Waals surface area (Å²) in [4.78, 5) is 29.3.